The van der Waals surface area contributed by atoms with Crippen LogP contribution < -0.4 is 0 Å². The van der Waals surface area contributed by atoms with Crippen molar-refractivity contribution in [3.63, 3.8) is 0 Å². The van der Waals surface area contributed by atoms with Crippen molar-refractivity contribution in [2.24, 2.45) is 7.05 Å². The van der Waals surface area contributed by atoms with Gasteiger partial charge in [-0.05, 0) is 36.1 Å². The van der Waals surface area contributed by atoms with Crippen LogP contribution in [0.15, 0.2) is 24.4 Å². The minimum Gasteiger partial charge on any atom is -0.350 e. The second kappa shape index (κ2) is 3.16. The lowest BCUT2D eigenvalue weighted by Gasteiger charge is -2.08. The number of aryl methyl sites for hydroxylation is 2. The number of benzene rings is 1. The lowest BCUT2D eigenvalue weighted by atomic mass is 9.99. The van der Waals surface area contributed by atoms with Gasteiger partial charge in [0, 0.05) is 18.6 Å². The first-order valence-corrected chi connectivity index (χ1v) is 5.15. The second-order valence-electron chi connectivity index (χ2n) is 4.36. The fourth-order valence-electron chi connectivity index (χ4n) is 2.04. The lowest BCUT2D eigenvalue weighted by molar-refractivity contribution is 0.866. The zero-order valence-electron chi connectivity index (χ0n) is 9.33. The summed E-state index contributed by atoms with van der Waals surface area (Å²) in [6, 6.07) is 6.79. The van der Waals surface area contributed by atoms with Crippen LogP contribution in [0.25, 0.3) is 10.9 Å². The molecule has 0 radical (unpaired) electrons. The normalized spacial score (nSPS) is 11.5. The van der Waals surface area contributed by atoms with Gasteiger partial charge in [0.05, 0.1) is 5.52 Å². The molecule has 74 valence electrons. The van der Waals surface area contributed by atoms with Crippen molar-refractivity contribution in [3.05, 3.63) is 35.5 Å². The molecule has 1 heterocycles. The number of aromatic nitrogens is 1. The molecule has 0 saturated carbocycles. The summed E-state index contributed by atoms with van der Waals surface area (Å²) in [6.07, 6.45) is 2.13. The maximum atomic E-state index is 2.30. The molecule has 0 fully saturated rings. The Morgan fingerprint density at radius 3 is 2.57 bits per heavy atom. The van der Waals surface area contributed by atoms with Gasteiger partial charge in [-0.2, -0.15) is 0 Å². The van der Waals surface area contributed by atoms with Crippen LogP contribution in [-0.2, 0) is 7.05 Å². The van der Waals surface area contributed by atoms with E-state index in [0.29, 0.717) is 5.92 Å². The number of nitrogens with zero attached hydrogens (tertiary/aromatic N) is 1. The van der Waals surface area contributed by atoms with Crippen LogP contribution >= 0.6 is 0 Å². The molecule has 1 nitrogen and oxygen atoms in total. The van der Waals surface area contributed by atoms with Gasteiger partial charge >= 0.3 is 0 Å². The third kappa shape index (κ3) is 1.33. The molecule has 0 atom stereocenters. The first-order valence-electron chi connectivity index (χ1n) is 5.15. The van der Waals surface area contributed by atoms with Crippen LogP contribution in [0, 0.1) is 6.92 Å². The molecule has 0 aliphatic carbocycles. The highest BCUT2D eigenvalue weighted by Crippen LogP contribution is 2.25. The van der Waals surface area contributed by atoms with Gasteiger partial charge in [0.2, 0.25) is 0 Å². The quantitative estimate of drug-likeness (QED) is 0.642. The molecule has 0 N–H and O–H groups in total. The van der Waals surface area contributed by atoms with Crippen LogP contribution in [0.5, 0.6) is 0 Å². The predicted octanol–water partition coefficient (Wildman–Crippen LogP) is 3.61. The third-order valence-electron chi connectivity index (χ3n) is 2.85. The van der Waals surface area contributed by atoms with Crippen molar-refractivity contribution in [1.29, 1.82) is 0 Å². The van der Waals surface area contributed by atoms with Gasteiger partial charge in [-0.3, -0.25) is 0 Å². The first kappa shape index (κ1) is 9.32. The van der Waals surface area contributed by atoms with E-state index in [2.05, 4.69) is 56.8 Å². The molecule has 1 aromatic carbocycles. The maximum Gasteiger partial charge on any atom is 0.0507 e. The predicted molar refractivity (Wildman–Crippen MR) is 61.7 cm³/mol. The molecule has 1 heteroatoms. The molecule has 0 amide bonds. The topological polar surface area (TPSA) is 4.93 Å². The number of fused-ring (bicyclic) bond motifs is 1. The summed E-state index contributed by atoms with van der Waals surface area (Å²) in [5, 5.41) is 1.36. The summed E-state index contributed by atoms with van der Waals surface area (Å²) in [7, 11) is 2.10. The SMILES string of the molecule is Cc1cc(C(C)C)cc2ccn(C)c12. The molecule has 14 heavy (non-hydrogen) atoms. The Hall–Kier alpha value is -1.24. The fourth-order valence-corrected chi connectivity index (χ4v) is 2.04. The van der Waals surface area contributed by atoms with E-state index in [9.17, 15) is 0 Å². The van der Waals surface area contributed by atoms with Gasteiger partial charge in [0.15, 0.2) is 0 Å². The van der Waals surface area contributed by atoms with Gasteiger partial charge in [0.1, 0.15) is 0 Å². The van der Waals surface area contributed by atoms with E-state index in [4.69, 9.17) is 0 Å². The molecule has 2 rings (SSSR count). The highest BCUT2D eigenvalue weighted by molar-refractivity contribution is 5.84. The van der Waals surface area contributed by atoms with Gasteiger partial charge in [-0.25, -0.2) is 0 Å². The molecule has 0 aliphatic heterocycles. The monoisotopic (exact) mass is 187 g/mol. The van der Waals surface area contributed by atoms with Crippen LogP contribution in [0.4, 0.5) is 0 Å². The zero-order valence-corrected chi connectivity index (χ0v) is 9.33. The molecule has 2 aromatic rings. The summed E-state index contributed by atoms with van der Waals surface area (Å²) in [6.45, 7) is 6.67. The minimum atomic E-state index is 0.610. The Kier molecular flexibility index (Phi) is 2.10. The van der Waals surface area contributed by atoms with E-state index in [1.54, 1.807) is 0 Å². The summed E-state index contributed by atoms with van der Waals surface area (Å²) in [5.41, 5.74) is 4.16. The summed E-state index contributed by atoms with van der Waals surface area (Å²) in [4.78, 5) is 0. The maximum absolute atomic E-state index is 2.30. The Morgan fingerprint density at radius 1 is 1.21 bits per heavy atom. The Labute approximate surface area is 85.4 Å². The largest absolute Gasteiger partial charge is 0.350 e. The van der Waals surface area contributed by atoms with Crippen LogP contribution in [-0.4, -0.2) is 4.57 Å². The van der Waals surface area contributed by atoms with Crippen molar-refractivity contribution in [3.8, 4) is 0 Å². The molecule has 0 aliphatic rings. The van der Waals surface area contributed by atoms with Gasteiger partial charge in [-0.1, -0.05) is 19.9 Å². The third-order valence-corrected chi connectivity index (χ3v) is 2.85. The van der Waals surface area contributed by atoms with E-state index >= 15 is 0 Å². The van der Waals surface area contributed by atoms with E-state index in [-0.39, 0.29) is 0 Å². The smallest absolute Gasteiger partial charge is 0.0507 e. The zero-order chi connectivity index (χ0) is 10.3. The Balaban J connectivity index is 2.74. The summed E-state index contributed by atoms with van der Waals surface area (Å²) < 4.78 is 2.19. The van der Waals surface area contributed by atoms with Crippen LogP contribution in [0.1, 0.15) is 30.9 Å². The highest BCUT2D eigenvalue weighted by atomic mass is 14.9. The van der Waals surface area contributed by atoms with Gasteiger partial charge in [-0.15, -0.1) is 0 Å². The fraction of sp³-hybridized carbons (Fsp3) is 0.385. The molecule has 0 spiro atoms. The van der Waals surface area contributed by atoms with Crippen molar-refractivity contribution >= 4 is 10.9 Å². The molecular weight excluding hydrogens is 170 g/mol. The van der Waals surface area contributed by atoms with Crippen molar-refractivity contribution in [1.82, 2.24) is 4.57 Å². The van der Waals surface area contributed by atoms with Crippen molar-refractivity contribution < 1.29 is 0 Å². The lowest BCUT2D eigenvalue weighted by Crippen LogP contribution is -1.92. The van der Waals surface area contributed by atoms with E-state index in [1.807, 2.05) is 0 Å². The van der Waals surface area contributed by atoms with Crippen LogP contribution in [0.3, 0.4) is 0 Å². The summed E-state index contributed by atoms with van der Waals surface area (Å²) >= 11 is 0. The first-order chi connectivity index (χ1) is 6.59. The van der Waals surface area contributed by atoms with E-state index < -0.39 is 0 Å². The molecule has 0 unspecified atom stereocenters. The molecular formula is C13H17N. The van der Waals surface area contributed by atoms with Crippen LogP contribution in [0.2, 0.25) is 0 Å². The average Bonchev–Trinajstić information content (AvgIpc) is 2.48. The van der Waals surface area contributed by atoms with Crippen molar-refractivity contribution in [2.75, 3.05) is 0 Å². The molecule has 1 aromatic heterocycles. The molecule has 0 saturated heterocycles. The highest BCUT2D eigenvalue weighted by Gasteiger charge is 2.06. The number of hydrogen-bond donors (Lipinski definition) is 0. The van der Waals surface area contributed by atoms with Gasteiger partial charge < -0.3 is 4.57 Å². The minimum absolute atomic E-state index is 0.610. The second-order valence-corrected chi connectivity index (χ2v) is 4.36. The Morgan fingerprint density at radius 2 is 1.93 bits per heavy atom. The van der Waals surface area contributed by atoms with E-state index in [0.717, 1.165) is 0 Å². The number of rotatable bonds is 1. The molecule has 0 bridgehead atoms. The summed E-state index contributed by atoms with van der Waals surface area (Å²) in [5.74, 6) is 0.610. The van der Waals surface area contributed by atoms with E-state index in [1.165, 1.54) is 22.0 Å². The Bertz CT molecular complexity index is 463. The number of hydrogen-bond acceptors (Lipinski definition) is 0. The van der Waals surface area contributed by atoms with Gasteiger partial charge in [0.25, 0.3) is 0 Å². The standard InChI is InChI=1S/C13H17N/c1-9(2)12-7-10(3)13-11(8-12)5-6-14(13)4/h5-9H,1-4H3. The average molecular weight is 187 g/mol. The van der Waals surface area contributed by atoms with Crippen molar-refractivity contribution in [2.45, 2.75) is 26.7 Å².